The molecule has 0 aliphatic carbocycles. The van der Waals surface area contributed by atoms with Crippen molar-refractivity contribution in [2.45, 2.75) is 12.5 Å². The lowest BCUT2D eigenvalue weighted by molar-refractivity contribution is -0.119. The number of para-hydroxylation sites is 1. The van der Waals surface area contributed by atoms with E-state index < -0.39 is 11.6 Å². The number of amides is 1. The highest BCUT2D eigenvalue weighted by Gasteiger charge is 2.23. The van der Waals surface area contributed by atoms with E-state index in [1.54, 1.807) is 36.5 Å². The summed E-state index contributed by atoms with van der Waals surface area (Å²) < 4.78 is 2.82. The fraction of sp³-hybridized carbons (Fsp3) is 0.0741. The molecule has 37 heavy (non-hydrogen) atoms. The van der Waals surface area contributed by atoms with Crippen molar-refractivity contribution >= 4 is 34.8 Å². The van der Waals surface area contributed by atoms with E-state index in [0.717, 1.165) is 5.56 Å². The topological polar surface area (TPSA) is 94.7 Å². The van der Waals surface area contributed by atoms with Gasteiger partial charge in [0.05, 0.1) is 23.9 Å². The van der Waals surface area contributed by atoms with E-state index in [1.165, 1.54) is 21.6 Å². The van der Waals surface area contributed by atoms with Gasteiger partial charge in [-0.05, 0) is 35.9 Å². The summed E-state index contributed by atoms with van der Waals surface area (Å²) in [5.41, 5.74) is 2.68. The Hall–Kier alpha value is -4.27. The zero-order valence-corrected chi connectivity index (χ0v) is 20.8. The van der Waals surface area contributed by atoms with Crippen molar-refractivity contribution in [2.75, 3.05) is 5.32 Å². The summed E-state index contributed by atoms with van der Waals surface area (Å²) in [6, 6.07) is 24.3. The van der Waals surface area contributed by atoms with Crippen LogP contribution in [-0.4, -0.2) is 30.5 Å². The molecule has 0 radical (unpaired) electrons. The van der Waals surface area contributed by atoms with E-state index in [2.05, 4.69) is 20.6 Å². The minimum absolute atomic E-state index is 0.220. The Morgan fingerprint density at radius 3 is 2.35 bits per heavy atom. The van der Waals surface area contributed by atoms with Crippen molar-refractivity contribution in [1.82, 2.24) is 24.5 Å². The van der Waals surface area contributed by atoms with Gasteiger partial charge in [-0.1, -0.05) is 76.9 Å². The maximum Gasteiger partial charge on any atom is 0.254 e. The molecule has 2 aromatic heterocycles. The number of carbonyl (C=O) groups is 1. The van der Waals surface area contributed by atoms with Gasteiger partial charge in [0.2, 0.25) is 5.91 Å². The standard InChI is InChI=1S/C27H20Cl2N6O2/c28-19-11-12-23(35-16-25(29)32-33-35)21(14-19)22-15-26(36)34(17-30-22)24(13-18-7-3-1-4-8-18)27(37)31-20-9-5-2-6-10-20/h1-12,14-17,24H,13H2,(H,31,37). The van der Waals surface area contributed by atoms with Gasteiger partial charge in [0.15, 0.2) is 5.15 Å². The molecular formula is C27H20Cl2N6O2. The number of halogens is 2. The number of anilines is 1. The third-order valence-electron chi connectivity index (χ3n) is 5.73. The quantitative estimate of drug-likeness (QED) is 0.311. The van der Waals surface area contributed by atoms with E-state index in [1.807, 2.05) is 48.5 Å². The fourth-order valence-electron chi connectivity index (χ4n) is 3.97. The maximum atomic E-state index is 13.4. The molecule has 0 aliphatic rings. The lowest BCUT2D eigenvalue weighted by atomic mass is 10.0. The molecule has 0 saturated carbocycles. The first-order valence-corrected chi connectivity index (χ1v) is 12.1. The van der Waals surface area contributed by atoms with Crippen LogP contribution in [0.25, 0.3) is 16.9 Å². The summed E-state index contributed by atoms with van der Waals surface area (Å²) >= 11 is 12.2. The molecule has 0 spiro atoms. The Morgan fingerprint density at radius 2 is 1.68 bits per heavy atom. The summed E-state index contributed by atoms with van der Waals surface area (Å²) in [5, 5.41) is 11.4. The van der Waals surface area contributed by atoms with Gasteiger partial charge in [-0.25, -0.2) is 9.67 Å². The first-order valence-electron chi connectivity index (χ1n) is 11.3. The molecule has 5 rings (SSSR count). The molecule has 0 fully saturated rings. The normalized spacial score (nSPS) is 11.7. The predicted molar refractivity (Wildman–Crippen MR) is 143 cm³/mol. The second-order valence-corrected chi connectivity index (χ2v) is 9.05. The predicted octanol–water partition coefficient (Wildman–Crippen LogP) is 5.22. The van der Waals surface area contributed by atoms with Crippen LogP contribution in [0, 0.1) is 0 Å². The Labute approximate surface area is 222 Å². The molecule has 8 nitrogen and oxygen atoms in total. The van der Waals surface area contributed by atoms with Crippen LogP contribution < -0.4 is 10.9 Å². The minimum Gasteiger partial charge on any atom is -0.324 e. The number of nitrogens with zero attached hydrogens (tertiary/aromatic N) is 5. The van der Waals surface area contributed by atoms with Gasteiger partial charge in [0, 0.05) is 28.8 Å². The Kier molecular flexibility index (Phi) is 7.11. The summed E-state index contributed by atoms with van der Waals surface area (Å²) in [7, 11) is 0. The number of aromatic nitrogens is 5. The van der Waals surface area contributed by atoms with Gasteiger partial charge in [0.25, 0.3) is 5.56 Å². The number of hydrogen-bond donors (Lipinski definition) is 1. The van der Waals surface area contributed by atoms with Crippen LogP contribution in [0.3, 0.4) is 0 Å². The van der Waals surface area contributed by atoms with Crippen LogP contribution >= 0.6 is 23.2 Å². The monoisotopic (exact) mass is 530 g/mol. The average molecular weight is 531 g/mol. The van der Waals surface area contributed by atoms with Crippen molar-refractivity contribution < 1.29 is 4.79 Å². The first kappa shape index (κ1) is 24.4. The largest absolute Gasteiger partial charge is 0.324 e. The van der Waals surface area contributed by atoms with Crippen molar-refractivity contribution in [3.63, 3.8) is 0 Å². The van der Waals surface area contributed by atoms with Gasteiger partial charge in [-0.2, -0.15) is 0 Å². The molecule has 1 N–H and O–H groups in total. The molecule has 3 aromatic carbocycles. The molecular weight excluding hydrogens is 511 g/mol. The lowest BCUT2D eigenvalue weighted by Crippen LogP contribution is -2.34. The number of carbonyl (C=O) groups excluding carboxylic acids is 1. The van der Waals surface area contributed by atoms with Crippen LogP contribution in [0.1, 0.15) is 11.6 Å². The van der Waals surface area contributed by atoms with Gasteiger partial charge in [-0.15, -0.1) is 5.10 Å². The minimum atomic E-state index is -0.829. The molecule has 10 heteroatoms. The Bertz CT molecular complexity index is 1600. The zero-order valence-electron chi connectivity index (χ0n) is 19.3. The number of nitrogens with one attached hydrogen (secondary N) is 1. The molecule has 0 aliphatic heterocycles. The van der Waals surface area contributed by atoms with Gasteiger partial charge in [0.1, 0.15) is 6.04 Å². The van der Waals surface area contributed by atoms with Crippen molar-refractivity contribution in [3.8, 4) is 16.9 Å². The third-order valence-corrected chi connectivity index (χ3v) is 6.14. The summed E-state index contributed by atoms with van der Waals surface area (Å²) in [4.78, 5) is 31.3. The molecule has 1 unspecified atom stereocenters. The van der Waals surface area contributed by atoms with Crippen molar-refractivity contribution in [2.24, 2.45) is 0 Å². The van der Waals surface area contributed by atoms with E-state index >= 15 is 0 Å². The number of rotatable bonds is 7. The maximum absolute atomic E-state index is 13.4. The van der Waals surface area contributed by atoms with Crippen molar-refractivity contribution in [1.29, 1.82) is 0 Å². The van der Waals surface area contributed by atoms with E-state index in [4.69, 9.17) is 23.2 Å². The van der Waals surface area contributed by atoms with Crippen LogP contribution in [0.15, 0.2) is 102 Å². The highest BCUT2D eigenvalue weighted by Crippen LogP contribution is 2.28. The van der Waals surface area contributed by atoms with Crippen LogP contribution in [-0.2, 0) is 11.2 Å². The fourth-order valence-corrected chi connectivity index (χ4v) is 4.27. The zero-order chi connectivity index (χ0) is 25.8. The SMILES string of the molecule is O=C(Nc1ccccc1)C(Cc1ccccc1)n1cnc(-c2cc(Cl)ccc2-n2cc(Cl)nn2)cc1=O. The molecule has 0 bridgehead atoms. The highest BCUT2D eigenvalue weighted by molar-refractivity contribution is 6.31. The second kappa shape index (κ2) is 10.8. The molecule has 1 amide bonds. The second-order valence-electron chi connectivity index (χ2n) is 8.23. The van der Waals surface area contributed by atoms with Crippen LogP contribution in [0.2, 0.25) is 10.2 Å². The van der Waals surface area contributed by atoms with Crippen LogP contribution in [0.4, 0.5) is 5.69 Å². The number of benzene rings is 3. The van der Waals surface area contributed by atoms with Crippen molar-refractivity contribution in [3.05, 3.63) is 124 Å². The van der Waals surface area contributed by atoms with Gasteiger partial charge in [-0.3, -0.25) is 14.2 Å². The molecule has 184 valence electrons. The van der Waals surface area contributed by atoms with Crippen LogP contribution in [0.5, 0.6) is 0 Å². The van der Waals surface area contributed by atoms with E-state index in [-0.39, 0.29) is 11.1 Å². The summed E-state index contributed by atoms with van der Waals surface area (Å²) in [5.74, 6) is -0.326. The molecule has 0 saturated heterocycles. The van der Waals surface area contributed by atoms with E-state index in [0.29, 0.717) is 34.1 Å². The summed E-state index contributed by atoms with van der Waals surface area (Å²) in [6.07, 6.45) is 3.23. The first-order chi connectivity index (χ1) is 18.0. The molecule has 5 aromatic rings. The molecule has 1 atom stereocenters. The number of hydrogen-bond acceptors (Lipinski definition) is 5. The smallest absolute Gasteiger partial charge is 0.254 e. The Balaban J connectivity index is 1.53. The van der Waals surface area contributed by atoms with Gasteiger partial charge >= 0.3 is 0 Å². The summed E-state index contributed by atoms with van der Waals surface area (Å²) in [6.45, 7) is 0. The Morgan fingerprint density at radius 1 is 0.946 bits per heavy atom. The van der Waals surface area contributed by atoms with E-state index in [9.17, 15) is 9.59 Å². The molecule has 2 heterocycles. The van der Waals surface area contributed by atoms with Gasteiger partial charge < -0.3 is 5.32 Å². The average Bonchev–Trinajstić information content (AvgIpc) is 3.34. The lowest BCUT2D eigenvalue weighted by Gasteiger charge is -2.20. The third kappa shape index (κ3) is 5.61. The highest BCUT2D eigenvalue weighted by atomic mass is 35.5.